The monoisotopic (exact) mass is 262 g/mol. The van der Waals surface area contributed by atoms with Gasteiger partial charge in [-0.1, -0.05) is 55.4 Å². The average molecular weight is 262 g/mol. The zero-order chi connectivity index (χ0) is 14.7. The third-order valence-corrected chi connectivity index (χ3v) is 3.69. The summed E-state index contributed by atoms with van der Waals surface area (Å²) in [6.45, 7) is 18.1. The van der Waals surface area contributed by atoms with E-state index in [4.69, 9.17) is 0 Å². The molecule has 2 heteroatoms. The summed E-state index contributed by atoms with van der Waals surface area (Å²) in [5, 5.41) is 2.44. The highest BCUT2D eigenvalue weighted by molar-refractivity contribution is 5.52. The lowest BCUT2D eigenvalue weighted by atomic mass is 9.89. The maximum absolute atomic E-state index is 4.63. The first-order chi connectivity index (χ1) is 8.77. The van der Waals surface area contributed by atoms with Gasteiger partial charge in [-0.25, -0.2) is 4.98 Å². The second-order valence-electron chi connectivity index (χ2n) is 6.66. The van der Waals surface area contributed by atoms with Crippen LogP contribution in [0.2, 0.25) is 0 Å². The minimum Gasteiger partial charge on any atom is -0.345 e. The second-order valence-corrected chi connectivity index (χ2v) is 6.66. The average Bonchev–Trinajstić information content (AvgIpc) is 2.64. The van der Waals surface area contributed by atoms with E-state index in [0.717, 1.165) is 0 Å². The number of rotatable bonds is 4. The van der Waals surface area contributed by atoms with Gasteiger partial charge in [0.25, 0.3) is 0 Å². The molecule has 0 radical (unpaired) electrons. The van der Waals surface area contributed by atoms with Crippen LogP contribution in [0.5, 0.6) is 0 Å². The Morgan fingerprint density at radius 1 is 0.789 bits per heavy atom. The van der Waals surface area contributed by atoms with Crippen molar-refractivity contribution in [1.29, 1.82) is 0 Å². The van der Waals surface area contributed by atoms with Crippen molar-refractivity contribution in [3.8, 4) is 0 Å². The van der Waals surface area contributed by atoms with Crippen LogP contribution in [0.25, 0.3) is 11.1 Å². The Morgan fingerprint density at radius 2 is 1.21 bits per heavy atom. The summed E-state index contributed by atoms with van der Waals surface area (Å²) in [4.78, 5) is 8.02. The molecule has 0 unspecified atom stereocenters. The van der Waals surface area contributed by atoms with E-state index in [1.165, 1.54) is 21.8 Å². The van der Waals surface area contributed by atoms with Gasteiger partial charge in [0, 0.05) is 0 Å². The molecule has 1 heterocycles. The number of aromatic nitrogens is 2. The molecule has 1 aromatic rings. The molecule has 0 atom stereocenters. The summed E-state index contributed by atoms with van der Waals surface area (Å²) >= 11 is 0. The highest BCUT2D eigenvalue weighted by atomic mass is 14.9. The van der Waals surface area contributed by atoms with Crippen LogP contribution >= 0.6 is 0 Å². The summed E-state index contributed by atoms with van der Waals surface area (Å²) in [6, 6.07) is 0. The normalized spacial score (nSPS) is 12.0. The van der Waals surface area contributed by atoms with Crippen LogP contribution in [0.1, 0.15) is 55.4 Å². The van der Waals surface area contributed by atoms with Gasteiger partial charge in [-0.3, -0.25) is 0 Å². The largest absolute Gasteiger partial charge is 0.345 e. The molecule has 0 spiro atoms. The molecule has 0 saturated carbocycles. The molecule has 0 aliphatic carbocycles. The number of aromatic amines is 1. The van der Waals surface area contributed by atoms with Gasteiger partial charge in [-0.05, 0) is 34.8 Å². The van der Waals surface area contributed by atoms with Gasteiger partial charge in [0.2, 0.25) is 0 Å². The Hall–Kier alpha value is -1.05. The third kappa shape index (κ3) is 3.49. The van der Waals surface area contributed by atoms with E-state index in [0.29, 0.717) is 23.7 Å². The lowest BCUT2D eigenvalue weighted by Gasteiger charge is -2.17. The molecular formula is C17H30N2. The van der Waals surface area contributed by atoms with Crippen molar-refractivity contribution in [2.45, 2.75) is 55.4 Å². The fourth-order valence-electron chi connectivity index (χ4n) is 3.19. The molecule has 0 amide bonds. The van der Waals surface area contributed by atoms with Gasteiger partial charge >= 0.3 is 0 Å². The quantitative estimate of drug-likeness (QED) is 0.886. The number of hydrogen-bond donors (Lipinski definition) is 1. The molecule has 19 heavy (non-hydrogen) atoms. The van der Waals surface area contributed by atoms with Crippen molar-refractivity contribution < 1.29 is 0 Å². The van der Waals surface area contributed by atoms with Crippen molar-refractivity contribution >= 4 is 11.1 Å². The van der Waals surface area contributed by atoms with Crippen LogP contribution in [0.3, 0.4) is 0 Å². The second kappa shape index (κ2) is 6.40. The highest BCUT2D eigenvalue weighted by Gasteiger charge is 2.15. The molecule has 0 aromatic carbocycles. The molecule has 0 bridgehead atoms. The zero-order valence-corrected chi connectivity index (χ0v) is 13.8. The van der Waals surface area contributed by atoms with Gasteiger partial charge in [0.1, 0.15) is 0 Å². The summed E-state index contributed by atoms with van der Waals surface area (Å²) < 4.78 is 0. The first-order valence-electron chi connectivity index (χ1n) is 7.54. The van der Waals surface area contributed by atoms with E-state index in [2.05, 4.69) is 65.4 Å². The van der Waals surface area contributed by atoms with E-state index < -0.39 is 0 Å². The number of imidazole rings is 1. The van der Waals surface area contributed by atoms with Crippen molar-refractivity contribution in [3.63, 3.8) is 0 Å². The van der Waals surface area contributed by atoms with Crippen LogP contribution in [-0.4, -0.2) is 9.97 Å². The molecule has 1 aromatic heterocycles. The van der Waals surface area contributed by atoms with Crippen molar-refractivity contribution in [2.24, 2.45) is 23.7 Å². The smallest absolute Gasteiger partial charge is 0.0931 e. The molecular weight excluding hydrogens is 232 g/mol. The SMILES string of the molecule is CC(C)C(=c1nc[nH]c1=C(C(C)C)C(C)C)C(C)C. The number of nitrogens with one attached hydrogen (secondary N) is 1. The summed E-state index contributed by atoms with van der Waals surface area (Å²) in [6.07, 6.45) is 1.85. The predicted octanol–water partition coefficient (Wildman–Crippen LogP) is 3.34. The molecule has 0 fully saturated rings. The van der Waals surface area contributed by atoms with E-state index in [1.54, 1.807) is 0 Å². The fraction of sp³-hybridized carbons (Fsp3) is 0.706. The lowest BCUT2D eigenvalue weighted by Crippen LogP contribution is -2.34. The molecule has 0 aliphatic rings. The van der Waals surface area contributed by atoms with Crippen LogP contribution < -0.4 is 10.7 Å². The van der Waals surface area contributed by atoms with Gasteiger partial charge in [-0.2, -0.15) is 0 Å². The Morgan fingerprint density at radius 3 is 1.58 bits per heavy atom. The van der Waals surface area contributed by atoms with Crippen LogP contribution in [0, 0.1) is 23.7 Å². The van der Waals surface area contributed by atoms with Crippen molar-refractivity contribution in [2.75, 3.05) is 0 Å². The van der Waals surface area contributed by atoms with Crippen LogP contribution in [-0.2, 0) is 0 Å². The summed E-state index contributed by atoms with van der Waals surface area (Å²) in [7, 11) is 0. The Bertz CT molecular complexity index is 449. The summed E-state index contributed by atoms with van der Waals surface area (Å²) in [5.41, 5.74) is 2.93. The highest BCUT2D eigenvalue weighted by Crippen LogP contribution is 2.20. The Kier molecular flexibility index (Phi) is 5.39. The Labute approximate surface area is 118 Å². The predicted molar refractivity (Wildman–Crippen MR) is 84.0 cm³/mol. The summed E-state index contributed by atoms with van der Waals surface area (Å²) in [5.74, 6) is 2.14. The number of H-pyrrole nitrogens is 1. The first-order valence-corrected chi connectivity index (χ1v) is 7.54. The minimum absolute atomic E-state index is 0.530. The zero-order valence-electron chi connectivity index (χ0n) is 13.8. The van der Waals surface area contributed by atoms with Gasteiger partial charge in [0.15, 0.2) is 0 Å². The standard InChI is InChI=1S/C17H30N2/c1-10(2)14(11(3)4)16-17(19-9-18-16)15(12(5)6)13(7)8/h9-13H,1-8H3,(H,18,19). The number of nitrogens with zero attached hydrogens (tertiary/aromatic N) is 1. The molecule has 0 aliphatic heterocycles. The van der Waals surface area contributed by atoms with Gasteiger partial charge in [-0.15, -0.1) is 0 Å². The van der Waals surface area contributed by atoms with Crippen molar-refractivity contribution in [3.05, 3.63) is 17.0 Å². The third-order valence-electron chi connectivity index (χ3n) is 3.69. The molecule has 1 rings (SSSR count). The molecule has 0 saturated heterocycles. The minimum atomic E-state index is 0.530. The maximum atomic E-state index is 4.63. The van der Waals surface area contributed by atoms with Gasteiger partial charge < -0.3 is 4.98 Å². The number of hydrogen-bond acceptors (Lipinski definition) is 1. The lowest BCUT2D eigenvalue weighted by molar-refractivity contribution is 0.698. The molecule has 1 N–H and O–H groups in total. The van der Waals surface area contributed by atoms with E-state index in [1.807, 2.05) is 6.33 Å². The molecule has 108 valence electrons. The van der Waals surface area contributed by atoms with Crippen molar-refractivity contribution in [1.82, 2.24) is 9.97 Å². The molecule has 2 nitrogen and oxygen atoms in total. The van der Waals surface area contributed by atoms with E-state index in [9.17, 15) is 0 Å². The fourth-order valence-corrected chi connectivity index (χ4v) is 3.19. The first kappa shape index (κ1) is 16.0. The van der Waals surface area contributed by atoms with Crippen LogP contribution in [0.15, 0.2) is 6.33 Å². The topological polar surface area (TPSA) is 28.7 Å². The van der Waals surface area contributed by atoms with E-state index >= 15 is 0 Å². The van der Waals surface area contributed by atoms with E-state index in [-0.39, 0.29) is 0 Å². The maximum Gasteiger partial charge on any atom is 0.0931 e. The van der Waals surface area contributed by atoms with Crippen LogP contribution in [0.4, 0.5) is 0 Å². The van der Waals surface area contributed by atoms with Gasteiger partial charge in [0.05, 0.1) is 17.0 Å². The Balaban J connectivity index is 3.80.